The van der Waals surface area contributed by atoms with Crippen molar-refractivity contribution in [1.82, 2.24) is 4.72 Å². The molecule has 8 heteroatoms. The Hall–Kier alpha value is -2.58. The summed E-state index contributed by atoms with van der Waals surface area (Å²) in [6.45, 7) is 2.06. The molecule has 0 fully saturated rings. The van der Waals surface area contributed by atoms with E-state index in [0.29, 0.717) is 11.4 Å². The molecule has 0 aliphatic heterocycles. The summed E-state index contributed by atoms with van der Waals surface area (Å²) in [5, 5.41) is 2.50. The zero-order valence-electron chi connectivity index (χ0n) is 14.0. The number of nitrogens with one attached hydrogen (secondary N) is 2. The first kappa shape index (κ1) is 18.8. The van der Waals surface area contributed by atoms with Crippen LogP contribution in [0.2, 0.25) is 0 Å². The van der Waals surface area contributed by atoms with Gasteiger partial charge < -0.3 is 9.47 Å². The number of carbonyl (C=O) groups is 1. The number of carbonyl (C=O) groups excluding carboxylic acids is 1. The molecule has 2 aromatic rings. The van der Waals surface area contributed by atoms with Gasteiger partial charge in [-0.05, 0) is 37.3 Å². The van der Waals surface area contributed by atoms with Gasteiger partial charge in [-0.2, -0.15) is 0 Å². The van der Waals surface area contributed by atoms with Gasteiger partial charge in [-0.3, -0.25) is 5.32 Å². The summed E-state index contributed by atoms with van der Waals surface area (Å²) in [5.41, 5.74) is 1.18. The van der Waals surface area contributed by atoms with Crippen LogP contribution in [0, 0.1) is 0 Å². The van der Waals surface area contributed by atoms with E-state index in [0.717, 1.165) is 5.56 Å². The molecule has 0 aliphatic carbocycles. The normalized spacial score (nSPS) is 11.0. The molecule has 25 heavy (non-hydrogen) atoms. The number of amides is 1. The number of hydrogen-bond donors (Lipinski definition) is 2. The van der Waals surface area contributed by atoms with Gasteiger partial charge in [0.2, 0.25) is 10.0 Å². The molecule has 134 valence electrons. The maximum absolute atomic E-state index is 12.4. The molecule has 0 aliphatic rings. The van der Waals surface area contributed by atoms with Crippen LogP contribution in [0.5, 0.6) is 5.75 Å². The fraction of sp³-hybridized carbons (Fsp3) is 0.235. The minimum Gasteiger partial charge on any atom is -0.496 e. The molecule has 0 bridgehead atoms. The van der Waals surface area contributed by atoms with Gasteiger partial charge >= 0.3 is 6.09 Å². The summed E-state index contributed by atoms with van der Waals surface area (Å²) in [7, 11) is -2.16. The summed E-state index contributed by atoms with van der Waals surface area (Å²) in [6, 6.07) is 13.0. The second kappa shape index (κ2) is 8.50. The van der Waals surface area contributed by atoms with Gasteiger partial charge in [-0.25, -0.2) is 17.9 Å². The standard InChI is InChI=1S/C17H20N2O5S/c1-3-24-17(20)19-14-8-10-15(11-9-14)25(21,22)18-12-13-6-4-5-7-16(13)23-2/h4-11,18H,3,12H2,1-2H3,(H,19,20). The second-order valence-electron chi connectivity index (χ2n) is 5.01. The number of methoxy groups -OCH3 is 1. The summed E-state index contributed by atoms with van der Waals surface area (Å²) >= 11 is 0. The van der Waals surface area contributed by atoms with E-state index in [4.69, 9.17) is 9.47 Å². The predicted octanol–water partition coefficient (Wildman–Crippen LogP) is 2.74. The topological polar surface area (TPSA) is 93.7 Å². The molecular weight excluding hydrogens is 344 g/mol. The van der Waals surface area contributed by atoms with Gasteiger partial charge in [-0.15, -0.1) is 0 Å². The molecule has 0 heterocycles. The van der Waals surface area contributed by atoms with Crippen LogP contribution < -0.4 is 14.8 Å². The van der Waals surface area contributed by atoms with E-state index in [-0.39, 0.29) is 18.0 Å². The summed E-state index contributed by atoms with van der Waals surface area (Å²) in [4.78, 5) is 11.4. The first-order valence-electron chi connectivity index (χ1n) is 7.61. The molecule has 1 amide bonds. The molecule has 0 atom stereocenters. The Morgan fingerprint density at radius 3 is 2.40 bits per heavy atom. The van der Waals surface area contributed by atoms with E-state index in [1.54, 1.807) is 19.1 Å². The lowest BCUT2D eigenvalue weighted by atomic mass is 10.2. The van der Waals surface area contributed by atoms with Crippen LogP contribution in [0.15, 0.2) is 53.4 Å². The van der Waals surface area contributed by atoms with Crippen molar-refractivity contribution in [2.24, 2.45) is 0 Å². The number of benzene rings is 2. The van der Waals surface area contributed by atoms with Crippen molar-refractivity contribution in [3.63, 3.8) is 0 Å². The molecule has 0 saturated carbocycles. The van der Waals surface area contributed by atoms with E-state index < -0.39 is 16.1 Å². The maximum atomic E-state index is 12.4. The van der Waals surface area contributed by atoms with Crippen molar-refractivity contribution in [2.45, 2.75) is 18.4 Å². The third-order valence-electron chi connectivity index (χ3n) is 3.33. The van der Waals surface area contributed by atoms with E-state index in [9.17, 15) is 13.2 Å². The predicted molar refractivity (Wildman–Crippen MR) is 94.1 cm³/mol. The molecule has 2 aromatic carbocycles. The maximum Gasteiger partial charge on any atom is 0.411 e. The molecule has 0 aromatic heterocycles. The fourth-order valence-corrected chi connectivity index (χ4v) is 3.11. The lowest BCUT2D eigenvalue weighted by Crippen LogP contribution is -2.23. The van der Waals surface area contributed by atoms with Gasteiger partial charge in [0.05, 0.1) is 18.6 Å². The first-order chi connectivity index (χ1) is 12.0. The summed E-state index contributed by atoms with van der Waals surface area (Å²) in [6.07, 6.45) is -0.590. The van der Waals surface area contributed by atoms with Crippen LogP contribution in [-0.2, 0) is 21.3 Å². The number of sulfonamides is 1. The smallest absolute Gasteiger partial charge is 0.411 e. The van der Waals surface area contributed by atoms with E-state index in [1.807, 2.05) is 12.1 Å². The number of para-hydroxylation sites is 1. The molecule has 2 rings (SSSR count). The highest BCUT2D eigenvalue weighted by atomic mass is 32.2. The molecule has 0 saturated heterocycles. The highest BCUT2D eigenvalue weighted by Gasteiger charge is 2.15. The van der Waals surface area contributed by atoms with Crippen molar-refractivity contribution in [3.8, 4) is 5.75 Å². The van der Waals surface area contributed by atoms with Gasteiger partial charge in [0.1, 0.15) is 5.75 Å². The van der Waals surface area contributed by atoms with Crippen LogP contribution in [-0.4, -0.2) is 28.2 Å². The lowest BCUT2D eigenvalue weighted by molar-refractivity contribution is 0.168. The van der Waals surface area contributed by atoms with Crippen LogP contribution in [0.3, 0.4) is 0 Å². The number of hydrogen-bond acceptors (Lipinski definition) is 5. The van der Waals surface area contributed by atoms with E-state index >= 15 is 0 Å². The zero-order valence-corrected chi connectivity index (χ0v) is 14.8. The number of ether oxygens (including phenoxy) is 2. The fourth-order valence-electron chi connectivity index (χ4n) is 2.11. The second-order valence-corrected chi connectivity index (χ2v) is 6.77. The third kappa shape index (κ3) is 5.20. The Morgan fingerprint density at radius 2 is 1.76 bits per heavy atom. The quantitative estimate of drug-likeness (QED) is 0.788. The monoisotopic (exact) mass is 364 g/mol. The molecular formula is C17H20N2O5S. The minimum atomic E-state index is -3.69. The first-order valence-corrected chi connectivity index (χ1v) is 9.10. The van der Waals surface area contributed by atoms with Crippen molar-refractivity contribution >= 4 is 21.8 Å². The van der Waals surface area contributed by atoms with Crippen molar-refractivity contribution in [1.29, 1.82) is 0 Å². The van der Waals surface area contributed by atoms with Crippen LogP contribution in [0.4, 0.5) is 10.5 Å². The van der Waals surface area contributed by atoms with Gasteiger partial charge in [-0.1, -0.05) is 18.2 Å². The Bertz CT molecular complexity index is 819. The Balaban J connectivity index is 2.05. The number of anilines is 1. The zero-order chi connectivity index (χ0) is 18.3. The van der Waals surface area contributed by atoms with E-state index in [1.165, 1.54) is 31.4 Å². The molecule has 2 N–H and O–H groups in total. The summed E-state index contributed by atoms with van der Waals surface area (Å²) < 4.78 is 37.2. The van der Waals surface area contributed by atoms with Gasteiger partial charge in [0.15, 0.2) is 0 Å². The van der Waals surface area contributed by atoms with Gasteiger partial charge in [0, 0.05) is 17.8 Å². The average molecular weight is 364 g/mol. The molecule has 0 spiro atoms. The van der Waals surface area contributed by atoms with Crippen molar-refractivity contribution in [2.75, 3.05) is 19.0 Å². The van der Waals surface area contributed by atoms with E-state index in [2.05, 4.69) is 10.0 Å². The largest absolute Gasteiger partial charge is 0.496 e. The molecule has 0 unspecified atom stereocenters. The van der Waals surface area contributed by atoms with Crippen molar-refractivity contribution in [3.05, 3.63) is 54.1 Å². The summed E-state index contributed by atoms with van der Waals surface area (Å²) in [5.74, 6) is 0.610. The molecule has 7 nitrogen and oxygen atoms in total. The Morgan fingerprint density at radius 1 is 1.08 bits per heavy atom. The highest BCUT2D eigenvalue weighted by molar-refractivity contribution is 7.89. The van der Waals surface area contributed by atoms with Crippen molar-refractivity contribution < 1.29 is 22.7 Å². The van der Waals surface area contributed by atoms with Crippen LogP contribution >= 0.6 is 0 Å². The Kier molecular flexibility index (Phi) is 6.37. The van der Waals surface area contributed by atoms with Crippen LogP contribution in [0.1, 0.15) is 12.5 Å². The van der Waals surface area contributed by atoms with Crippen LogP contribution in [0.25, 0.3) is 0 Å². The lowest BCUT2D eigenvalue weighted by Gasteiger charge is -2.11. The molecule has 0 radical (unpaired) electrons. The SMILES string of the molecule is CCOC(=O)Nc1ccc(S(=O)(=O)NCc2ccccc2OC)cc1. The minimum absolute atomic E-state index is 0.0943. The highest BCUT2D eigenvalue weighted by Crippen LogP contribution is 2.19. The van der Waals surface area contributed by atoms with Gasteiger partial charge in [0.25, 0.3) is 0 Å². The average Bonchev–Trinajstić information content (AvgIpc) is 2.61. The third-order valence-corrected chi connectivity index (χ3v) is 4.75. The number of rotatable bonds is 7. The Labute approximate surface area is 147 Å².